The highest BCUT2D eigenvalue weighted by molar-refractivity contribution is 7.18. The first-order valence-corrected chi connectivity index (χ1v) is 8.88. The number of ether oxygens (including phenoxy) is 3. The van der Waals surface area contributed by atoms with Gasteiger partial charge in [-0.15, -0.1) is 11.3 Å². The fraction of sp³-hybridized carbons (Fsp3) is 0.150. The van der Waals surface area contributed by atoms with Gasteiger partial charge in [-0.05, 0) is 35.9 Å². The van der Waals surface area contributed by atoms with Gasteiger partial charge in [0.1, 0.15) is 17.7 Å². The number of methoxy groups -OCH3 is 1. The van der Waals surface area contributed by atoms with Crippen molar-refractivity contribution >= 4 is 33.6 Å². The zero-order chi connectivity index (χ0) is 19.1. The monoisotopic (exact) mass is 380 g/mol. The van der Waals surface area contributed by atoms with Gasteiger partial charge in [-0.2, -0.15) is 5.26 Å². The van der Waals surface area contributed by atoms with E-state index in [4.69, 9.17) is 19.5 Å². The van der Waals surface area contributed by atoms with Crippen molar-refractivity contribution in [3.8, 4) is 17.6 Å². The van der Waals surface area contributed by atoms with Crippen LogP contribution in [0.4, 0.5) is 0 Å². The second-order valence-electron chi connectivity index (χ2n) is 5.37. The second-order valence-corrected chi connectivity index (χ2v) is 6.49. The Morgan fingerprint density at radius 3 is 2.89 bits per heavy atom. The number of rotatable bonds is 7. The van der Waals surface area contributed by atoms with E-state index >= 15 is 0 Å². The van der Waals surface area contributed by atoms with Crippen LogP contribution in [0.15, 0.2) is 48.5 Å². The maximum absolute atomic E-state index is 11.9. The fourth-order valence-electron chi connectivity index (χ4n) is 2.34. The molecule has 0 unspecified atom stereocenters. The first kappa shape index (κ1) is 18.4. The zero-order valence-electron chi connectivity index (χ0n) is 14.5. The normalized spacial score (nSPS) is 10.7. The van der Waals surface area contributed by atoms with Crippen LogP contribution >= 0.6 is 11.3 Å². The molecule has 3 aromatic rings. The number of hydrogen-bond donors (Lipinski definition) is 0. The van der Waals surface area contributed by atoms with Gasteiger partial charge in [0.25, 0.3) is 0 Å². The number of nitriles is 1. The summed E-state index contributed by atoms with van der Waals surface area (Å²) in [5.41, 5.74) is 1.64. The molecule has 0 fully saturated rings. The molecule has 0 saturated carbocycles. The van der Waals surface area contributed by atoms with Gasteiger partial charge in [-0.1, -0.05) is 18.2 Å². The van der Waals surface area contributed by atoms with Crippen LogP contribution in [0.3, 0.4) is 0 Å². The van der Waals surface area contributed by atoms with E-state index in [0.29, 0.717) is 11.5 Å². The Morgan fingerprint density at radius 1 is 1.26 bits per heavy atom. The van der Waals surface area contributed by atoms with E-state index in [9.17, 15) is 4.79 Å². The van der Waals surface area contributed by atoms with E-state index in [1.165, 1.54) is 24.5 Å². The molecule has 0 atom stereocenters. The lowest BCUT2D eigenvalue weighted by Crippen LogP contribution is -2.00. The van der Waals surface area contributed by atoms with Crippen LogP contribution in [0.5, 0.6) is 11.5 Å². The third-order valence-corrected chi connectivity index (χ3v) is 4.58. The van der Waals surface area contributed by atoms with Crippen molar-refractivity contribution in [1.29, 1.82) is 5.26 Å². The average Bonchev–Trinajstić information content (AvgIpc) is 3.12. The Labute approximate surface area is 160 Å². The molecular formula is C20H16N2O4S. The van der Waals surface area contributed by atoms with Gasteiger partial charge in [-0.3, -0.25) is 0 Å². The maximum atomic E-state index is 11.9. The highest BCUT2D eigenvalue weighted by Crippen LogP contribution is 2.28. The van der Waals surface area contributed by atoms with Crippen molar-refractivity contribution < 1.29 is 19.0 Å². The standard InChI is InChI=1S/C20H16N2O4S/c1-24-17-12-14(6-8-16(17)25-11-10-21)7-9-20(23)26-13-19-22-15-4-2-3-5-18(15)27-19/h2-9,12H,11,13H2,1H3/b9-7+. The molecule has 1 aromatic heterocycles. The Morgan fingerprint density at radius 2 is 2.11 bits per heavy atom. The molecule has 0 spiro atoms. The number of nitrogens with zero attached hydrogens (tertiary/aromatic N) is 2. The zero-order valence-corrected chi connectivity index (χ0v) is 15.4. The van der Waals surface area contributed by atoms with Gasteiger partial charge in [0.15, 0.2) is 18.1 Å². The summed E-state index contributed by atoms with van der Waals surface area (Å²) in [7, 11) is 1.51. The Kier molecular flexibility index (Phi) is 6.02. The molecule has 0 bridgehead atoms. The van der Waals surface area contributed by atoms with Gasteiger partial charge in [0, 0.05) is 6.08 Å². The number of carbonyl (C=O) groups excluding carboxylic acids is 1. The molecule has 0 aliphatic carbocycles. The molecule has 0 aliphatic heterocycles. The number of esters is 1. The molecule has 2 aromatic carbocycles. The molecule has 0 saturated heterocycles. The Balaban J connectivity index is 1.59. The summed E-state index contributed by atoms with van der Waals surface area (Å²) in [5.74, 6) is 0.489. The van der Waals surface area contributed by atoms with Crippen LogP contribution in [0, 0.1) is 11.3 Å². The lowest BCUT2D eigenvalue weighted by molar-refractivity contribution is -0.138. The molecule has 0 radical (unpaired) electrons. The summed E-state index contributed by atoms with van der Waals surface area (Å²) in [6.45, 7) is 0.0659. The lowest BCUT2D eigenvalue weighted by Gasteiger charge is -2.08. The molecule has 27 heavy (non-hydrogen) atoms. The summed E-state index contributed by atoms with van der Waals surface area (Å²) in [6.07, 6.45) is 2.97. The molecule has 0 aliphatic rings. The minimum Gasteiger partial charge on any atom is -0.493 e. The number of hydrogen-bond acceptors (Lipinski definition) is 7. The molecule has 1 heterocycles. The van der Waals surface area contributed by atoms with Crippen molar-refractivity contribution in [2.45, 2.75) is 6.61 Å². The smallest absolute Gasteiger partial charge is 0.331 e. The molecule has 136 valence electrons. The number of carbonyl (C=O) groups is 1. The van der Waals surface area contributed by atoms with E-state index < -0.39 is 5.97 Å². The van der Waals surface area contributed by atoms with Crippen molar-refractivity contribution in [2.24, 2.45) is 0 Å². The topological polar surface area (TPSA) is 81.4 Å². The SMILES string of the molecule is COc1cc(/C=C/C(=O)OCc2nc3ccccc3s2)ccc1OCC#N. The van der Waals surface area contributed by atoms with Crippen LogP contribution < -0.4 is 9.47 Å². The fourth-order valence-corrected chi connectivity index (χ4v) is 3.22. The van der Waals surface area contributed by atoms with E-state index in [-0.39, 0.29) is 13.2 Å². The van der Waals surface area contributed by atoms with E-state index in [1.807, 2.05) is 30.3 Å². The van der Waals surface area contributed by atoms with Crippen LogP contribution in [-0.2, 0) is 16.1 Å². The summed E-state index contributed by atoms with van der Waals surface area (Å²) >= 11 is 1.50. The highest BCUT2D eigenvalue weighted by atomic mass is 32.1. The molecule has 7 heteroatoms. The van der Waals surface area contributed by atoms with Gasteiger partial charge in [0.05, 0.1) is 17.3 Å². The third-order valence-electron chi connectivity index (χ3n) is 3.57. The lowest BCUT2D eigenvalue weighted by atomic mass is 10.2. The largest absolute Gasteiger partial charge is 0.493 e. The first-order chi connectivity index (χ1) is 13.2. The van der Waals surface area contributed by atoms with E-state index in [0.717, 1.165) is 20.8 Å². The summed E-state index contributed by atoms with van der Waals surface area (Å²) in [4.78, 5) is 16.4. The van der Waals surface area contributed by atoms with Crippen LogP contribution in [0.2, 0.25) is 0 Å². The van der Waals surface area contributed by atoms with Crippen molar-refractivity contribution in [2.75, 3.05) is 13.7 Å². The summed E-state index contributed by atoms with van der Waals surface area (Å²) < 4.78 is 16.8. The number of thiazole rings is 1. The van der Waals surface area contributed by atoms with Gasteiger partial charge in [-0.25, -0.2) is 9.78 Å². The number of para-hydroxylation sites is 1. The minimum absolute atomic E-state index is 0.0658. The third kappa shape index (κ3) is 4.84. The van der Waals surface area contributed by atoms with Crippen LogP contribution in [0.25, 0.3) is 16.3 Å². The number of benzene rings is 2. The van der Waals surface area contributed by atoms with E-state index in [2.05, 4.69) is 4.98 Å². The van der Waals surface area contributed by atoms with Gasteiger partial charge < -0.3 is 14.2 Å². The van der Waals surface area contributed by atoms with Crippen molar-refractivity contribution in [3.05, 3.63) is 59.1 Å². The van der Waals surface area contributed by atoms with Gasteiger partial charge >= 0.3 is 5.97 Å². The molecular weight excluding hydrogens is 364 g/mol. The maximum Gasteiger partial charge on any atom is 0.331 e. The number of aromatic nitrogens is 1. The van der Waals surface area contributed by atoms with Crippen molar-refractivity contribution in [3.63, 3.8) is 0 Å². The highest BCUT2D eigenvalue weighted by Gasteiger charge is 2.07. The Hall–Kier alpha value is -3.37. The van der Waals surface area contributed by atoms with E-state index in [1.54, 1.807) is 24.3 Å². The molecule has 0 amide bonds. The quantitative estimate of drug-likeness (QED) is 0.456. The van der Waals surface area contributed by atoms with Crippen LogP contribution in [-0.4, -0.2) is 24.7 Å². The summed E-state index contributed by atoms with van der Waals surface area (Å²) in [5, 5.41) is 9.33. The molecule has 0 N–H and O–H groups in total. The predicted molar refractivity (Wildman–Crippen MR) is 103 cm³/mol. The average molecular weight is 380 g/mol. The Bertz CT molecular complexity index is 987. The molecule has 3 rings (SSSR count). The second kappa shape index (κ2) is 8.83. The van der Waals surface area contributed by atoms with Crippen molar-refractivity contribution in [1.82, 2.24) is 4.98 Å². The predicted octanol–water partition coefficient (Wildman–Crippen LogP) is 3.96. The first-order valence-electron chi connectivity index (χ1n) is 8.06. The number of fused-ring (bicyclic) bond motifs is 1. The van der Waals surface area contributed by atoms with Gasteiger partial charge in [0.2, 0.25) is 0 Å². The van der Waals surface area contributed by atoms with Crippen LogP contribution in [0.1, 0.15) is 10.6 Å². The summed E-state index contributed by atoms with van der Waals surface area (Å²) in [6, 6.07) is 14.8. The molecule has 6 nitrogen and oxygen atoms in total. The minimum atomic E-state index is -0.460.